The number of benzene rings is 1. The van der Waals surface area contributed by atoms with Crippen molar-refractivity contribution in [2.24, 2.45) is 0 Å². The van der Waals surface area contributed by atoms with Crippen LogP contribution in [0.4, 0.5) is 20.2 Å². The van der Waals surface area contributed by atoms with E-state index in [2.05, 4.69) is 5.32 Å². The van der Waals surface area contributed by atoms with E-state index in [0.29, 0.717) is 6.07 Å². The number of nitrogens with one attached hydrogen (secondary N) is 1. The van der Waals surface area contributed by atoms with Crippen molar-refractivity contribution in [3.05, 3.63) is 46.2 Å². The standard InChI is InChI=1S/C13H12F2N2O4S2/c1-17(2,23(19,20)21)11-5-6-22-12(11)13(18)16-10-4-3-8(14)7-9(10)15/h3-7H,1-2H3,(H-,16,18,19,20,21)/p+1. The lowest BCUT2D eigenvalue weighted by atomic mass is 10.2. The monoisotopic (exact) mass is 363 g/mol. The fraction of sp³-hybridized carbons (Fsp3) is 0.154. The van der Waals surface area contributed by atoms with Crippen LogP contribution in [0.3, 0.4) is 0 Å². The normalized spacial score (nSPS) is 12.2. The van der Waals surface area contributed by atoms with E-state index >= 15 is 0 Å². The molecule has 0 aliphatic rings. The number of hydrogen-bond acceptors (Lipinski definition) is 4. The average molecular weight is 363 g/mol. The smallest absolute Gasteiger partial charge is 0.319 e. The van der Waals surface area contributed by atoms with Crippen molar-refractivity contribution in [1.82, 2.24) is 3.89 Å². The number of quaternary nitrogens is 1. The van der Waals surface area contributed by atoms with Crippen molar-refractivity contribution in [1.29, 1.82) is 0 Å². The van der Waals surface area contributed by atoms with Crippen LogP contribution in [-0.4, -0.2) is 33.0 Å². The molecule has 0 bridgehead atoms. The minimum Gasteiger partial charge on any atom is -0.319 e. The summed E-state index contributed by atoms with van der Waals surface area (Å²) in [5, 5.41) is 3.72. The van der Waals surface area contributed by atoms with Gasteiger partial charge in [-0.1, -0.05) is 0 Å². The van der Waals surface area contributed by atoms with Gasteiger partial charge >= 0.3 is 10.3 Å². The lowest BCUT2D eigenvalue weighted by molar-refractivity contribution is 0.102. The molecule has 0 saturated carbocycles. The molecular weight excluding hydrogens is 350 g/mol. The van der Waals surface area contributed by atoms with E-state index in [4.69, 9.17) is 0 Å². The molecule has 1 aromatic carbocycles. The SMILES string of the molecule is C[N+](C)(c1ccsc1C(=O)Nc1ccc(F)cc1F)S(=O)(=O)O. The molecule has 0 spiro atoms. The summed E-state index contributed by atoms with van der Waals surface area (Å²) in [6, 6.07) is 4.02. The van der Waals surface area contributed by atoms with E-state index in [9.17, 15) is 26.5 Å². The molecule has 0 aliphatic heterocycles. The summed E-state index contributed by atoms with van der Waals surface area (Å²) in [6.45, 7) is 0. The van der Waals surface area contributed by atoms with Crippen molar-refractivity contribution >= 4 is 38.9 Å². The van der Waals surface area contributed by atoms with Gasteiger partial charge < -0.3 is 5.32 Å². The van der Waals surface area contributed by atoms with Gasteiger partial charge in [0.15, 0.2) is 10.6 Å². The lowest BCUT2D eigenvalue weighted by Gasteiger charge is -2.23. The second-order valence-electron chi connectivity index (χ2n) is 5.01. The third kappa shape index (κ3) is 3.39. The van der Waals surface area contributed by atoms with Crippen molar-refractivity contribution in [3.8, 4) is 0 Å². The Labute approximate surface area is 135 Å². The number of rotatable bonds is 4. The molecule has 2 aromatic rings. The molecule has 1 aromatic heterocycles. The van der Waals surface area contributed by atoms with Crippen molar-refractivity contribution in [3.63, 3.8) is 0 Å². The molecule has 0 radical (unpaired) electrons. The van der Waals surface area contributed by atoms with Crippen LogP contribution in [0.25, 0.3) is 0 Å². The van der Waals surface area contributed by atoms with E-state index in [1.165, 1.54) is 25.5 Å². The zero-order chi connectivity index (χ0) is 17.4. The highest BCUT2D eigenvalue weighted by Crippen LogP contribution is 2.32. The third-order valence-corrected chi connectivity index (χ3v) is 5.44. The van der Waals surface area contributed by atoms with E-state index in [1.807, 2.05) is 0 Å². The predicted octanol–water partition coefficient (Wildman–Crippen LogP) is 2.65. The Hall–Kier alpha value is -1.88. The maximum absolute atomic E-state index is 13.6. The van der Waals surface area contributed by atoms with E-state index in [0.717, 1.165) is 23.5 Å². The summed E-state index contributed by atoms with van der Waals surface area (Å²) in [4.78, 5) is 12.2. The summed E-state index contributed by atoms with van der Waals surface area (Å²) in [5.74, 6) is -2.52. The minimum atomic E-state index is -4.53. The Bertz CT molecular complexity index is 863. The highest BCUT2D eigenvalue weighted by Gasteiger charge is 2.38. The second-order valence-corrected chi connectivity index (χ2v) is 7.74. The first kappa shape index (κ1) is 17.5. The van der Waals surface area contributed by atoms with Crippen LogP contribution in [0, 0.1) is 11.6 Å². The minimum absolute atomic E-state index is 0.0173. The zero-order valence-corrected chi connectivity index (χ0v) is 13.7. The van der Waals surface area contributed by atoms with Crippen LogP contribution < -0.4 is 9.21 Å². The van der Waals surface area contributed by atoms with Gasteiger partial charge in [0.1, 0.15) is 11.6 Å². The van der Waals surface area contributed by atoms with Crippen LogP contribution in [0.5, 0.6) is 0 Å². The van der Waals surface area contributed by atoms with Crippen LogP contribution in [0.1, 0.15) is 9.67 Å². The summed E-state index contributed by atoms with van der Waals surface area (Å²) < 4.78 is 57.7. The second kappa shape index (κ2) is 5.96. The quantitative estimate of drug-likeness (QED) is 0.646. The maximum atomic E-state index is 13.6. The molecule has 2 rings (SSSR count). The topological polar surface area (TPSA) is 83.5 Å². The number of amides is 1. The van der Waals surface area contributed by atoms with Gasteiger partial charge in [0.2, 0.25) is 0 Å². The number of hydrogen-bond donors (Lipinski definition) is 2. The molecule has 124 valence electrons. The molecule has 0 saturated heterocycles. The number of carbonyl (C=O) groups is 1. The summed E-state index contributed by atoms with van der Waals surface area (Å²) >= 11 is 0.929. The number of carbonyl (C=O) groups excluding carboxylic acids is 1. The van der Waals surface area contributed by atoms with E-state index in [-0.39, 0.29) is 16.3 Å². The molecular formula is C13H13F2N2O4S2+. The predicted molar refractivity (Wildman–Crippen MR) is 83.8 cm³/mol. The number of thiophene rings is 1. The third-order valence-electron chi connectivity index (χ3n) is 3.19. The number of nitrogens with zero attached hydrogens (tertiary/aromatic N) is 1. The zero-order valence-electron chi connectivity index (χ0n) is 12.1. The maximum Gasteiger partial charge on any atom is 0.437 e. The summed E-state index contributed by atoms with van der Waals surface area (Å²) in [6.07, 6.45) is 0. The highest BCUT2D eigenvalue weighted by molar-refractivity contribution is 7.85. The van der Waals surface area contributed by atoms with Gasteiger partial charge in [-0.05, 0) is 17.5 Å². The summed E-state index contributed by atoms with van der Waals surface area (Å²) in [5.41, 5.74) is -0.217. The van der Waals surface area contributed by atoms with Crippen LogP contribution in [0.15, 0.2) is 29.6 Å². The Morgan fingerprint density at radius 2 is 1.91 bits per heavy atom. The number of halogens is 2. The molecule has 0 atom stereocenters. The first-order chi connectivity index (χ1) is 10.5. The molecule has 0 fully saturated rings. The van der Waals surface area contributed by atoms with E-state index < -0.39 is 31.7 Å². The van der Waals surface area contributed by atoms with Crippen molar-refractivity contribution < 1.29 is 26.5 Å². The molecule has 10 heteroatoms. The lowest BCUT2D eigenvalue weighted by Crippen LogP contribution is -2.46. The van der Waals surface area contributed by atoms with Crippen LogP contribution >= 0.6 is 11.3 Å². The number of anilines is 1. The molecule has 2 N–H and O–H groups in total. The molecule has 1 amide bonds. The highest BCUT2D eigenvalue weighted by atomic mass is 32.2. The van der Waals surface area contributed by atoms with Gasteiger partial charge in [-0.15, -0.1) is 19.8 Å². The molecule has 6 nitrogen and oxygen atoms in total. The van der Waals surface area contributed by atoms with Gasteiger partial charge in [-0.3, -0.25) is 4.79 Å². The Morgan fingerprint density at radius 3 is 2.48 bits per heavy atom. The van der Waals surface area contributed by atoms with Gasteiger partial charge in [-0.25, -0.2) is 13.3 Å². The van der Waals surface area contributed by atoms with Crippen LogP contribution in [0.2, 0.25) is 0 Å². The Morgan fingerprint density at radius 1 is 1.26 bits per heavy atom. The Balaban J connectivity index is 2.37. The molecule has 0 unspecified atom stereocenters. The first-order valence-corrected chi connectivity index (χ1v) is 8.48. The average Bonchev–Trinajstić information content (AvgIpc) is 2.90. The van der Waals surface area contributed by atoms with Crippen LogP contribution in [-0.2, 0) is 10.3 Å². The first-order valence-electron chi connectivity index (χ1n) is 6.20. The van der Waals surface area contributed by atoms with Gasteiger partial charge in [0, 0.05) is 12.1 Å². The summed E-state index contributed by atoms with van der Waals surface area (Å²) in [7, 11) is -2.15. The largest absolute Gasteiger partial charge is 0.437 e. The molecule has 0 aliphatic carbocycles. The van der Waals surface area contributed by atoms with Crippen molar-refractivity contribution in [2.45, 2.75) is 0 Å². The Kier molecular flexibility index (Phi) is 4.53. The molecule has 23 heavy (non-hydrogen) atoms. The fourth-order valence-electron chi connectivity index (χ4n) is 1.79. The van der Waals surface area contributed by atoms with Gasteiger partial charge in [-0.2, -0.15) is 3.89 Å². The van der Waals surface area contributed by atoms with Gasteiger partial charge in [0.05, 0.1) is 19.8 Å². The van der Waals surface area contributed by atoms with E-state index in [1.54, 1.807) is 0 Å². The molecule has 1 heterocycles. The van der Waals surface area contributed by atoms with Gasteiger partial charge in [0.25, 0.3) is 5.91 Å². The fourth-order valence-corrected chi connectivity index (χ4v) is 3.16. The van der Waals surface area contributed by atoms with Crippen molar-refractivity contribution in [2.75, 3.05) is 19.4 Å².